The van der Waals surface area contributed by atoms with E-state index >= 15 is 0 Å². The van der Waals surface area contributed by atoms with E-state index < -0.39 is 23.8 Å². The van der Waals surface area contributed by atoms with E-state index in [0.717, 1.165) is 17.3 Å². The first-order valence-electron chi connectivity index (χ1n) is 13.9. The lowest BCUT2D eigenvalue weighted by molar-refractivity contribution is -0.156. The molecule has 0 aliphatic rings. The molecule has 0 saturated carbocycles. The van der Waals surface area contributed by atoms with E-state index in [9.17, 15) is 23.1 Å². The Morgan fingerprint density at radius 3 is 2.29 bits per heavy atom. The van der Waals surface area contributed by atoms with E-state index in [0.29, 0.717) is 29.6 Å². The Hall–Kier alpha value is -4.05. The molecular weight excluding hydrogens is 545 g/mol. The number of hydrogen-bond donors (Lipinski definition) is 2. The topological polar surface area (TPSA) is 97.2 Å². The van der Waals surface area contributed by atoms with Gasteiger partial charge in [-0.05, 0) is 53.3 Å². The smallest absolute Gasteiger partial charge is 0.418 e. The van der Waals surface area contributed by atoms with Crippen LogP contribution in [0.15, 0.2) is 60.8 Å². The van der Waals surface area contributed by atoms with Gasteiger partial charge in [-0.2, -0.15) is 13.2 Å². The van der Waals surface area contributed by atoms with E-state index in [4.69, 9.17) is 4.74 Å². The van der Waals surface area contributed by atoms with Gasteiger partial charge in [-0.3, -0.25) is 4.98 Å². The lowest BCUT2D eigenvalue weighted by Gasteiger charge is -2.22. The number of rotatable bonds is 10. The van der Waals surface area contributed by atoms with Gasteiger partial charge in [-0.1, -0.05) is 65.7 Å². The van der Waals surface area contributed by atoms with Gasteiger partial charge < -0.3 is 15.2 Å². The zero-order valence-electron chi connectivity index (χ0n) is 24.3. The molecule has 0 saturated heterocycles. The number of halogens is 3. The Morgan fingerprint density at radius 2 is 1.69 bits per heavy atom. The molecule has 0 fully saturated rings. The highest BCUT2D eigenvalue weighted by Crippen LogP contribution is 2.37. The minimum atomic E-state index is -4.59. The quantitative estimate of drug-likeness (QED) is 0.195. The van der Waals surface area contributed by atoms with Gasteiger partial charge in [0.25, 0.3) is 0 Å². The normalized spacial score (nSPS) is 13.0. The fraction of sp³-hybridized carbons (Fsp3) is 0.375. The first-order valence-corrected chi connectivity index (χ1v) is 13.9. The summed E-state index contributed by atoms with van der Waals surface area (Å²) in [5.41, 5.74) is 1.41. The monoisotopic (exact) mass is 580 g/mol. The molecule has 4 aromatic rings. The summed E-state index contributed by atoms with van der Waals surface area (Å²) >= 11 is 0. The van der Waals surface area contributed by atoms with Crippen LogP contribution in [0, 0.1) is 5.92 Å². The molecule has 10 heteroatoms. The van der Waals surface area contributed by atoms with Crippen molar-refractivity contribution in [3.63, 3.8) is 0 Å². The predicted molar refractivity (Wildman–Crippen MR) is 156 cm³/mol. The Morgan fingerprint density at radius 1 is 1.00 bits per heavy atom. The van der Waals surface area contributed by atoms with Gasteiger partial charge in [0.15, 0.2) is 11.9 Å². The van der Waals surface area contributed by atoms with Crippen molar-refractivity contribution in [1.29, 1.82) is 0 Å². The lowest BCUT2D eigenvalue weighted by Crippen LogP contribution is -2.32. The zero-order chi connectivity index (χ0) is 30.7. The summed E-state index contributed by atoms with van der Waals surface area (Å²) in [6.45, 7) is 9.98. The van der Waals surface area contributed by atoms with Crippen molar-refractivity contribution in [2.75, 3.05) is 5.32 Å². The molecule has 0 bridgehead atoms. The number of carboxylic acids is 1. The van der Waals surface area contributed by atoms with Crippen LogP contribution in [0.1, 0.15) is 64.4 Å². The van der Waals surface area contributed by atoms with Gasteiger partial charge in [-0.15, -0.1) is 0 Å². The number of alkyl halides is 3. The molecule has 0 spiro atoms. The van der Waals surface area contributed by atoms with Gasteiger partial charge in [-0.25, -0.2) is 14.8 Å². The molecule has 0 aliphatic carbocycles. The fourth-order valence-electron chi connectivity index (χ4n) is 4.83. The SMILES string of the molecule is CCC(CC)[C@@H](OCc1nc(Nc2ccc(C(C)(C)C)cc2)c2ccc(-c3ncccc3C(F)(F)F)cc2n1)C(=O)O. The van der Waals surface area contributed by atoms with E-state index in [2.05, 4.69) is 41.0 Å². The van der Waals surface area contributed by atoms with Gasteiger partial charge in [0.2, 0.25) is 0 Å². The van der Waals surface area contributed by atoms with Gasteiger partial charge >= 0.3 is 12.1 Å². The third kappa shape index (κ3) is 7.05. The summed E-state index contributed by atoms with van der Waals surface area (Å²) in [6.07, 6.45) is -3.08. The summed E-state index contributed by atoms with van der Waals surface area (Å²) in [4.78, 5) is 25.1. The van der Waals surface area contributed by atoms with E-state index in [1.165, 1.54) is 18.3 Å². The number of fused-ring (bicyclic) bond motifs is 1. The van der Waals surface area contributed by atoms with Crippen molar-refractivity contribution in [2.45, 2.75) is 71.8 Å². The number of nitrogens with zero attached hydrogens (tertiary/aromatic N) is 3. The molecule has 222 valence electrons. The minimum Gasteiger partial charge on any atom is -0.479 e. The maximum absolute atomic E-state index is 13.7. The second-order valence-electron chi connectivity index (χ2n) is 11.2. The maximum atomic E-state index is 13.7. The summed E-state index contributed by atoms with van der Waals surface area (Å²) in [5, 5.41) is 13.6. The van der Waals surface area contributed by atoms with Crippen molar-refractivity contribution < 1.29 is 27.8 Å². The van der Waals surface area contributed by atoms with Gasteiger partial charge in [0, 0.05) is 22.8 Å². The summed E-state index contributed by atoms with van der Waals surface area (Å²) in [7, 11) is 0. The van der Waals surface area contributed by atoms with Crippen LogP contribution in [0.5, 0.6) is 0 Å². The van der Waals surface area contributed by atoms with Crippen molar-refractivity contribution in [1.82, 2.24) is 15.0 Å². The number of aromatic nitrogens is 3. The third-order valence-corrected chi connectivity index (χ3v) is 7.26. The molecule has 1 atom stereocenters. The Balaban J connectivity index is 1.78. The van der Waals surface area contributed by atoms with Crippen LogP contribution in [0.25, 0.3) is 22.2 Å². The highest BCUT2D eigenvalue weighted by molar-refractivity contribution is 5.93. The molecule has 7 nitrogen and oxygen atoms in total. The minimum absolute atomic E-state index is 0.0304. The average Bonchev–Trinajstić information content (AvgIpc) is 2.94. The van der Waals surface area contributed by atoms with Crippen LogP contribution in [0.3, 0.4) is 0 Å². The van der Waals surface area contributed by atoms with Crippen LogP contribution >= 0.6 is 0 Å². The zero-order valence-corrected chi connectivity index (χ0v) is 24.3. The standard InChI is InChI=1S/C32H35F3N4O3/c1-6-19(7-2)28(30(40)41)42-18-26-38-25-17-20(27-24(32(33,34)35)9-8-16-36-27)10-15-23(25)29(39-26)37-22-13-11-21(12-14-22)31(3,4)5/h8-17,19,28H,6-7,18H2,1-5H3,(H,40,41)(H,37,38,39)/t28-/m1/s1. The summed E-state index contributed by atoms with van der Waals surface area (Å²) in [6, 6.07) is 14.9. The molecule has 2 N–H and O–H groups in total. The molecule has 42 heavy (non-hydrogen) atoms. The van der Waals surface area contributed by atoms with E-state index in [1.54, 1.807) is 12.1 Å². The number of carboxylic acid groups (broad SMARTS) is 1. The number of benzene rings is 2. The number of aliphatic carboxylic acids is 1. The van der Waals surface area contributed by atoms with Gasteiger partial charge in [0.1, 0.15) is 12.4 Å². The molecule has 0 amide bonds. The number of hydrogen-bond acceptors (Lipinski definition) is 6. The van der Waals surface area contributed by atoms with Gasteiger partial charge in [0.05, 0.1) is 16.8 Å². The second kappa shape index (κ2) is 12.4. The molecule has 4 rings (SSSR count). The first-order chi connectivity index (χ1) is 19.8. The molecule has 2 aromatic carbocycles. The highest BCUT2D eigenvalue weighted by Gasteiger charge is 2.34. The molecule has 2 aromatic heterocycles. The van der Waals surface area contributed by atoms with Crippen LogP contribution in [0.4, 0.5) is 24.7 Å². The average molecular weight is 581 g/mol. The summed E-state index contributed by atoms with van der Waals surface area (Å²) < 4.78 is 47.0. The largest absolute Gasteiger partial charge is 0.479 e. The molecule has 0 radical (unpaired) electrons. The van der Waals surface area contributed by atoms with Crippen molar-refractivity contribution in [3.8, 4) is 11.3 Å². The summed E-state index contributed by atoms with van der Waals surface area (Å²) in [5.74, 6) is -0.653. The number of carbonyl (C=O) groups is 1. The number of pyridine rings is 1. The van der Waals surface area contributed by atoms with E-state index in [-0.39, 0.29) is 35.0 Å². The Kier molecular flexibility index (Phi) is 9.15. The highest BCUT2D eigenvalue weighted by atomic mass is 19.4. The first kappa shape index (κ1) is 30.9. The van der Waals surface area contributed by atoms with Crippen molar-refractivity contribution in [3.05, 3.63) is 77.7 Å². The number of anilines is 2. The van der Waals surface area contributed by atoms with Crippen molar-refractivity contribution >= 4 is 28.4 Å². The van der Waals surface area contributed by atoms with Crippen molar-refractivity contribution in [2.24, 2.45) is 5.92 Å². The molecular formula is C32H35F3N4O3. The van der Waals surface area contributed by atoms with Crippen LogP contribution in [-0.4, -0.2) is 32.1 Å². The van der Waals surface area contributed by atoms with Crippen LogP contribution < -0.4 is 5.32 Å². The molecule has 0 aliphatic heterocycles. The van der Waals surface area contributed by atoms with Crippen LogP contribution in [0.2, 0.25) is 0 Å². The Bertz CT molecular complexity index is 1550. The predicted octanol–water partition coefficient (Wildman–Crippen LogP) is 8.16. The number of ether oxygens (including phenoxy) is 1. The second-order valence-corrected chi connectivity index (χ2v) is 11.2. The maximum Gasteiger partial charge on any atom is 0.418 e. The number of nitrogens with one attached hydrogen (secondary N) is 1. The van der Waals surface area contributed by atoms with E-state index in [1.807, 2.05) is 38.1 Å². The van der Waals surface area contributed by atoms with Crippen LogP contribution in [-0.2, 0) is 27.7 Å². The fourth-order valence-corrected chi connectivity index (χ4v) is 4.83. The lowest BCUT2D eigenvalue weighted by atomic mass is 9.87. The molecule has 0 unspecified atom stereocenters. The third-order valence-electron chi connectivity index (χ3n) is 7.26. The molecule has 2 heterocycles. The Labute approximate surface area is 243 Å².